The highest BCUT2D eigenvalue weighted by atomic mass is 16.5. The number of benzene rings is 1. The minimum absolute atomic E-state index is 0.120. The highest BCUT2D eigenvalue weighted by Gasteiger charge is 2.21. The Kier molecular flexibility index (Phi) is 4.73. The number of hydrogen-bond donors (Lipinski definition) is 2. The van der Waals surface area contributed by atoms with Crippen molar-refractivity contribution in [2.45, 2.75) is 19.3 Å². The van der Waals surface area contributed by atoms with Gasteiger partial charge in [0.1, 0.15) is 6.61 Å². The average Bonchev–Trinajstić information content (AvgIpc) is 3.16. The van der Waals surface area contributed by atoms with Crippen molar-refractivity contribution in [3.63, 3.8) is 0 Å². The molecule has 2 rings (SSSR count). The molecule has 0 heterocycles. The van der Waals surface area contributed by atoms with Gasteiger partial charge in [-0.3, -0.25) is 4.79 Å². The van der Waals surface area contributed by atoms with Crippen LogP contribution in [0.15, 0.2) is 24.3 Å². The van der Waals surface area contributed by atoms with Gasteiger partial charge in [0, 0.05) is 12.3 Å². The van der Waals surface area contributed by atoms with Crippen LogP contribution in [0.4, 0.5) is 5.69 Å². The van der Waals surface area contributed by atoms with Crippen molar-refractivity contribution in [1.29, 1.82) is 0 Å². The second-order valence-corrected chi connectivity index (χ2v) is 4.68. The Balaban J connectivity index is 1.71. The molecule has 1 aromatic carbocycles. The van der Waals surface area contributed by atoms with Gasteiger partial charge < -0.3 is 15.2 Å². The summed E-state index contributed by atoms with van der Waals surface area (Å²) < 4.78 is 5.31. The fourth-order valence-electron chi connectivity index (χ4n) is 1.68. The molecule has 1 amide bonds. The highest BCUT2D eigenvalue weighted by molar-refractivity contribution is 5.91. The molecule has 1 aliphatic carbocycles. The predicted molar refractivity (Wildman–Crippen MR) is 69.4 cm³/mol. The van der Waals surface area contributed by atoms with E-state index in [1.807, 2.05) is 24.3 Å². The smallest absolute Gasteiger partial charge is 0.250 e. The van der Waals surface area contributed by atoms with Crippen LogP contribution in [0.2, 0.25) is 0 Å². The quantitative estimate of drug-likeness (QED) is 0.771. The standard InChI is InChI=1S/C14H19NO3/c16-8-7-11-3-5-13(6-4-11)15-14(17)10-18-9-12-1-2-12/h3-6,12,16H,1-2,7-10H2,(H,15,17). The SMILES string of the molecule is O=C(COCC1CC1)Nc1ccc(CCO)cc1. The third-order valence-electron chi connectivity index (χ3n) is 2.92. The highest BCUT2D eigenvalue weighted by Crippen LogP contribution is 2.28. The molecule has 0 spiro atoms. The maximum atomic E-state index is 11.5. The summed E-state index contributed by atoms with van der Waals surface area (Å²) in [4.78, 5) is 11.5. The molecular weight excluding hydrogens is 230 g/mol. The Hall–Kier alpha value is -1.39. The summed E-state index contributed by atoms with van der Waals surface area (Å²) in [7, 11) is 0. The lowest BCUT2D eigenvalue weighted by Crippen LogP contribution is -2.18. The first-order valence-electron chi connectivity index (χ1n) is 6.35. The topological polar surface area (TPSA) is 58.6 Å². The van der Waals surface area contributed by atoms with Gasteiger partial charge in [0.2, 0.25) is 5.91 Å². The molecule has 0 saturated heterocycles. The summed E-state index contributed by atoms with van der Waals surface area (Å²) in [5.74, 6) is 0.557. The van der Waals surface area contributed by atoms with Gasteiger partial charge in [0.15, 0.2) is 0 Å². The van der Waals surface area contributed by atoms with Gasteiger partial charge in [-0.1, -0.05) is 12.1 Å². The molecule has 4 nitrogen and oxygen atoms in total. The fraction of sp³-hybridized carbons (Fsp3) is 0.500. The zero-order valence-corrected chi connectivity index (χ0v) is 10.4. The van der Waals surface area contributed by atoms with Gasteiger partial charge in [-0.25, -0.2) is 0 Å². The molecule has 1 aromatic rings. The maximum absolute atomic E-state index is 11.5. The van der Waals surface area contributed by atoms with Crippen LogP contribution in [0.1, 0.15) is 18.4 Å². The van der Waals surface area contributed by atoms with Crippen LogP contribution in [0.25, 0.3) is 0 Å². The Bertz CT molecular complexity index is 385. The molecule has 1 saturated carbocycles. The molecule has 0 radical (unpaired) electrons. The van der Waals surface area contributed by atoms with Gasteiger partial charge in [-0.15, -0.1) is 0 Å². The van der Waals surface area contributed by atoms with Gasteiger partial charge in [-0.05, 0) is 42.9 Å². The first-order chi connectivity index (χ1) is 8.78. The summed E-state index contributed by atoms with van der Waals surface area (Å²) in [5, 5.41) is 11.6. The summed E-state index contributed by atoms with van der Waals surface area (Å²) in [5.41, 5.74) is 1.82. The molecule has 0 aliphatic heterocycles. The lowest BCUT2D eigenvalue weighted by Gasteiger charge is -2.06. The van der Waals surface area contributed by atoms with Crippen molar-refractivity contribution in [3.05, 3.63) is 29.8 Å². The third-order valence-corrected chi connectivity index (χ3v) is 2.92. The molecule has 0 bridgehead atoms. The van der Waals surface area contributed by atoms with Crippen molar-refractivity contribution in [3.8, 4) is 0 Å². The van der Waals surface area contributed by atoms with Crippen molar-refractivity contribution < 1.29 is 14.6 Å². The number of carbonyl (C=O) groups is 1. The van der Waals surface area contributed by atoms with Crippen molar-refractivity contribution >= 4 is 11.6 Å². The number of aliphatic hydroxyl groups excluding tert-OH is 1. The van der Waals surface area contributed by atoms with E-state index in [-0.39, 0.29) is 19.1 Å². The van der Waals surface area contributed by atoms with Crippen LogP contribution < -0.4 is 5.32 Å². The van der Waals surface area contributed by atoms with Crippen molar-refractivity contribution in [2.24, 2.45) is 5.92 Å². The van der Waals surface area contributed by atoms with Crippen LogP contribution in [0.3, 0.4) is 0 Å². The minimum Gasteiger partial charge on any atom is -0.396 e. The number of aliphatic hydroxyl groups is 1. The third kappa shape index (κ3) is 4.47. The second-order valence-electron chi connectivity index (χ2n) is 4.68. The van der Waals surface area contributed by atoms with E-state index in [1.54, 1.807) is 0 Å². The number of hydrogen-bond acceptors (Lipinski definition) is 3. The summed E-state index contributed by atoms with van der Waals surface area (Å²) >= 11 is 0. The van der Waals surface area contributed by atoms with E-state index in [0.717, 1.165) is 11.3 Å². The molecule has 2 N–H and O–H groups in total. The van der Waals surface area contributed by atoms with E-state index < -0.39 is 0 Å². The van der Waals surface area contributed by atoms with Crippen LogP contribution in [0.5, 0.6) is 0 Å². The number of rotatable bonds is 7. The van der Waals surface area contributed by atoms with Crippen LogP contribution in [-0.2, 0) is 16.0 Å². The van der Waals surface area contributed by atoms with Crippen LogP contribution >= 0.6 is 0 Å². The first kappa shape index (κ1) is 13.1. The normalized spacial score (nSPS) is 14.5. The predicted octanol–water partition coefficient (Wildman–Crippen LogP) is 1.59. The molecule has 98 valence electrons. The molecule has 0 atom stereocenters. The number of anilines is 1. The van der Waals surface area contributed by atoms with Crippen LogP contribution in [-0.4, -0.2) is 30.8 Å². The lowest BCUT2D eigenvalue weighted by atomic mass is 10.1. The summed E-state index contributed by atoms with van der Waals surface area (Å²) in [6, 6.07) is 7.47. The molecular formula is C14H19NO3. The fourth-order valence-corrected chi connectivity index (χ4v) is 1.68. The zero-order chi connectivity index (χ0) is 12.8. The van der Waals surface area contributed by atoms with Crippen molar-refractivity contribution in [1.82, 2.24) is 0 Å². The van der Waals surface area contributed by atoms with Gasteiger partial charge in [0.05, 0.1) is 6.61 Å². The molecule has 18 heavy (non-hydrogen) atoms. The Morgan fingerprint density at radius 2 is 2.06 bits per heavy atom. The molecule has 0 unspecified atom stereocenters. The minimum atomic E-state index is -0.120. The van der Waals surface area contributed by atoms with Crippen LogP contribution in [0, 0.1) is 5.92 Å². The molecule has 1 fully saturated rings. The van der Waals surface area contributed by atoms with E-state index >= 15 is 0 Å². The number of carbonyl (C=O) groups excluding carboxylic acids is 1. The summed E-state index contributed by atoms with van der Waals surface area (Å²) in [6.07, 6.45) is 3.10. The van der Waals surface area contributed by atoms with Crippen molar-refractivity contribution in [2.75, 3.05) is 25.1 Å². The number of amides is 1. The molecule has 1 aliphatic rings. The van der Waals surface area contributed by atoms with E-state index in [1.165, 1.54) is 12.8 Å². The van der Waals surface area contributed by atoms with Gasteiger partial charge in [0.25, 0.3) is 0 Å². The number of nitrogens with one attached hydrogen (secondary N) is 1. The maximum Gasteiger partial charge on any atom is 0.250 e. The molecule has 0 aromatic heterocycles. The van der Waals surface area contributed by atoms with Gasteiger partial charge >= 0.3 is 0 Å². The van der Waals surface area contributed by atoms with E-state index in [0.29, 0.717) is 18.9 Å². The average molecular weight is 249 g/mol. The number of ether oxygens (including phenoxy) is 1. The Morgan fingerprint density at radius 3 is 2.67 bits per heavy atom. The van der Waals surface area contributed by atoms with E-state index in [2.05, 4.69) is 5.32 Å². The zero-order valence-electron chi connectivity index (χ0n) is 10.4. The summed E-state index contributed by atoms with van der Waals surface area (Å²) in [6.45, 7) is 0.957. The Labute approximate surface area is 107 Å². The largest absolute Gasteiger partial charge is 0.396 e. The first-order valence-corrected chi connectivity index (χ1v) is 6.35. The lowest BCUT2D eigenvalue weighted by molar-refractivity contribution is -0.120. The molecule has 4 heteroatoms. The Morgan fingerprint density at radius 1 is 1.33 bits per heavy atom. The monoisotopic (exact) mass is 249 g/mol. The van der Waals surface area contributed by atoms with E-state index in [4.69, 9.17) is 9.84 Å². The van der Waals surface area contributed by atoms with Gasteiger partial charge in [-0.2, -0.15) is 0 Å². The second kappa shape index (κ2) is 6.52. The van der Waals surface area contributed by atoms with E-state index in [9.17, 15) is 4.79 Å².